The maximum atomic E-state index is 5.54. The molecule has 0 heterocycles. The van der Waals surface area contributed by atoms with Crippen molar-refractivity contribution in [3.63, 3.8) is 0 Å². The Morgan fingerprint density at radius 2 is 2.05 bits per heavy atom. The molecule has 0 saturated heterocycles. The predicted molar refractivity (Wildman–Crippen MR) is 87.0 cm³/mol. The fourth-order valence-electron chi connectivity index (χ4n) is 1.88. The van der Waals surface area contributed by atoms with Gasteiger partial charge in [0.1, 0.15) is 12.4 Å². The number of aryl methyl sites for hydroxylation is 1. The third-order valence-corrected chi connectivity index (χ3v) is 3.57. The second kappa shape index (κ2) is 7.02. The quantitative estimate of drug-likeness (QED) is 0.822. The van der Waals surface area contributed by atoms with Crippen LogP contribution in [0.3, 0.4) is 0 Å². The Balaban J connectivity index is 2.11. The van der Waals surface area contributed by atoms with E-state index in [0.29, 0.717) is 6.54 Å². The Labute approximate surface area is 128 Å². The van der Waals surface area contributed by atoms with Gasteiger partial charge in [0.25, 0.3) is 0 Å². The summed E-state index contributed by atoms with van der Waals surface area (Å²) in [7, 11) is 0. The SMILES string of the molecule is C#CCOc1ccccc1CNc1cc(C)ccc1Br. The van der Waals surface area contributed by atoms with E-state index in [2.05, 4.69) is 46.2 Å². The third kappa shape index (κ3) is 3.79. The van der Waals surface area contributed by atoms with Crippen LogP contribution in [-0.2, 0) is 6.54 Å². The highest BCUT2D eigenvalue weighted by Gasteiger charge is 2.04. The fourth-order valence-corrected chi connectivity index (χ4v) is 2.26. The largest absolute Gasteiger partial charge is 0.481 e. The van der Waals surface area contributed by atoms with Crippen molar-refractivity contribution in [3.8, 4) is 18.1 Å². The Kier molecular flexibility index (Phi) is 5.09. The normalized spacial score (nSPS) is 9.85. The number of benzene rings is 2. The van der Waals surface area contributed by atoms with Gasteiger partial charge < -0.3 is 10.1 Å². The minimum absolute atomic E-state index is 0.283. The zero-order valence-corrected chi connectivity index (χ0v) is 12.9. The van der Waals surface area contributed by atoms with Gasteiger partial charge in [-0.15, -0.1) is 6.42 Å². The van der Waals surface area contributed by atoms with Gasteiger partial charge >= 0.3 is 0 Å². The molecule has 0 aliphatic rings. The average Bonchev–Trinajstić information content (AvgIpc) is 2.47. The van der Waals surface area contributed by atoms with E-state index < -0.39 is 0 Å². The van der Waals surface area contributed by atoms with Crippen molar-refractivity contribution in [1.82, 2.24) is 0 Å². The number of hydrogen-bond acceptors (Lipinski definition) is 2. The van der Waals surface area contributed by atoms with Crippen LogP contribution in [0.15, 0.2) is 46.9 Å². The lowest BCUT2D eigenvalue weighted by Gasteiger charge is -2.13. The van der Waals surface area contributed by atoms with Gasteiger partial charge in [0.15, 0.2) is 0 Å². The molecule has 0 fully saturated rings. The van der Waals surface area contributed by atoms with E-state index in [4.69, 9.17) is 11.2 Å². The average molecular weight is 330 g/mol. The summed E-state index contributed by atoms with van der Waals surface area (Å²) in [6.45, 7) is 3.04. The van der Waals surface area contributed by atoms with Crippen molar-refractivity contribution in [2.75, 3.05) is 11.9 Å². The number of nitrogens with one attached hydrogen (secondary N) is 1. The van der Waals surface area contributed by atoms with Gasteiger partial charge in [0, 0.05) is 22.3 Å². The standard InChI is InChI=1S/C17H16BrNO/c1-3-10-20-17-7-5-4-6-14(17)12-19-16-11-13(2)8-9-15(16)18/h1,4-9,11,19H,10,12H2,2H3. The van der Waals surface area contributed by atoms with E-state index in [1.807, 2.05) is 30.3 Å². The summed E-state index contributed by atoms with van der Waals surface area (Å²) in [4.78, 5) is 0. The first-order chi connectivity index (χ1) is 9.70. The number of hydrogen-bond donors (Lipinski definition) is 1. The summed E-state index contributed by atoms with van der Waals surface area (Å²) in [5.74, 6) is 3.30. The van der Waals surface area contributed by atoms with E-state index in [9.17, 15) is 0 Å². The van der Waals surface area contributed by atoms with Crippen LogP contribution >= 0.6 is 15.9 Å². The molecule has 20 heavy (non-hydrogen) atoms. The summed E-state index contributed by atoms with van der Waals surface area (Å²) >= 11 is 3.54. The van der Waals surface area contributed by atoms with Crippen molar-refractivity contribution >= 4 is 21.6 Å². The van der Waals surface area contributed by atoms with Gasteiger partial charge in [0.2, 0.25) is 0 Å². The molecule has 0 spiro atoms. The number of para-hydroxylation sites is 1. The lowest BCUT2D eigenvalue weighted by Crippen LogP contribution is -2.04. The summed E-state index contributed by atoms with van der Waals surface area (Å²) in [6, 6.07) is 14.1. The molecule has 0 aromatic heterocycles. The molecule has 2 rings (SSSR count). The minimum atomic E-state index is 0.283. The zero-order chi connectivity index (χ0) is 14.4. The van der Waals surface area contributed by atoms with Crippen LogP contribution in [0.4, 0.5) is 5.69 Å². The van der Waals surface area contributed by atoms with Crippen molar-refractivity contribution in [3.05, 3.63) is 58.1 Å². The summed E-state index contributed by atoms with van der Waals surface area (Å²) in [5, 5.41) is 3.41. The molecule has 0 aliphatic carbocycles. The first kappa shape index (κ1) is 14.5. The van der Waals surface area contributed by atoms with E-state index in [1.54, 1.807) is 0 Å². The molecule has 2 aromatic rings. The Hall–Kier alpha value is -1.92. The van der Waals surface area contributed by atoms with Crippen LogP contribution in [0.5, 0.6) is 5.75 Å². The number of terminal acetylenes is 1. The number of ether oxygens (including phenoxy) is 1. The molecular formula is C17H16BrNO. The van der Waals surface area contributed by atoms with E-state index >= 15 is 0 Å². The number of anilines is 1. The van der Waals surface area contributed by atoms with Gasteiger partial charge in [-0.05, 0) is 46.6 Å². The first-order valence-corrected chi connectivity index (χ1v) is 7.14. The molecule has 0 atom stereocenters. The van der Waals surface area contributed by atoms with Crippen LogP contribution in [0, 0.1) is 19.3 Å². The molecule has 0 bridgehead atoms. The maximum Gasteiger partial charge on any atom is 0.148 e. The highest BCUT2D eigenvalue weighted by Crippen LogP contribution is 2.25. The Morgan fingerprint density at radius 3 is 2.85 bits per heavy atom. The van der Waals surface area contributed by atoms with Crippen LogP contribution in [0.25, 0.3) is 0 Å². The number of rotatable bonds is 5. The lowest BCUT2D eigenvalue weighted by atomic mass is 10.2. The smallest absolute Gasteiger partial charge is 0.148 e. The molecule has 0 radical (unpaired) electrons. The second-order valence-corrected chi connectivity index (χ2v) is 5.29. The molecule has 0 amide bonds. The molecular weight excluding hydrogens is 314 g/mol. The molecule has 0 saturated carbocycles. The highest BCUT2D eigenvalue weighted by molar-refractivity contribution is 9.10. The van der Waals surface area contributed by atoms with Crippen molar-refractivity contribution in [2.24, 2.45) is 0 Å². The molecule has 1 N–H and O–H groups in total. The second-order valence-electron chi connectivity index (χ2n) is 4.44. The van der Waals surface area contributed by atoms with Gasteiger partial charge in [-0.3, -0.25) is 0 Å². The number of halogens is 1. The van der Waals surface area contributed by atoms with Gasteiger partial charge in [0.05, 0.1) is 0 Å². The lowest BCUT2D eigenvalue weighted by molar-refractivity contribution is 0.366. The van der Waals surface area contributed by atoms with Crippen molar-refractivity contribution < 1.29 is 4.74 Å². The van der Waals surface area contributed by atoms with Crippen molar-refractivity contribution in [2.45, 2.75) is 13.5 Å². The van der Waals surface area contributed by atoms with E-state index in [0.717, 1.165) is 21.5 Å². The maximum absolute atomic E-state index is 5.54. The van der Waals surface area contributed by atoms with Gasteiger partial charge in [-0.25, -0.2) is 0 Å². The molecule has 0 unspecified atom stereocenters. The molecule has 0 aliphatic heterocycles. The topological polar surface area (TPSA) is 21.3 Å². The summed E-state index contributed by atoms with van der Waals surface area (Å²) < 4.78 is 6.59. The fraction of sp³-hybridized carbons (Fsp3) is 0.176. The highest BCUT2D eigenvalue weighted by atomic mass is 79.9. The minimum Gasteiger partial charge on any atom is -0.481 e. The first-order valence-electron chi connectivity index (χ1n) is 6.35. The van der Waals surface area contributed by atoms with Crippen LogP contribution in [0.2, 0.25) is 0 Å². The van der Waals surface area contributed by atoms with Gasteiger partial charge in [-0.2, -0.15) is 0 Å². The summed E-state index contributed by atoms with van der Waals surface area (Å²) in [5.41, 5.74) is 3.36. The van der Waals surface area contributed by atoms with Crippen molar-refractivity contribution in [1.29, 1.82) is 0 Å². The Morgan fingerprint density at radius 1 is 1.25 bits per heavy atom. The molecule has 3 heteroatoms. The monoisotopic (exact) mass is 329 g/mol. The van der Waals surface area contributed by atoms with E-state index in [1.165, 1.54) is 5.56 Å². The van der Waals surface area contributed by atoms with Crippen LogP contribution < -0.4 is 10.1 Å². The molecule has 2 aromatic carbocycles. The predicted octanol–water partition coefficient (Wildman–Crippen LogP) is 4.38. The van der Waals surface area contributed by atoms with E-state index in [-0.39, 0.29) is 6.61 Å². The molecule has 102 valence electrons. The third-order valence-electron chi connectivity index (χ3n) is 2.87. The Bertz CT molecular complexity index is 631. The van der Waals surface area contributed by atoms with Gasteiger partial charge in [-0.1, -0.05) is 30.2 Å². The zero-order valence-electron chi connectivity index (χ0n) is 11.3. The molecule has 2 nitrogen and oxygen atoms in total. The van der Waals surface area contributed by atoms with Crippen LogP contribution in [0.1, 0.15) is 11.1 Å². The summed E-state index contributed by atoms with van der Waals surface area (Å²) in [6.07, 6.45) is 5.23. The van der Waals surface area contributed by atoms with Crippen LogP contribution in [-0.4, -0.2) is 6.61 Å².